The maximum atomic E-state index is 10.4. The molecule has 0 amide bonds. The van der Waals surface area contributed by atoms with Gasteiger partial charge in [-0.25, -0.2) is 0 Å². The topological polar surface area (TPSA) is 61.6 Å². The van der Waals surface area contributed by atoms with Gasteiger partial charge in [-0.1, -0.05) is 12.2 Å². The molecular formula is C7H8NO4PS2. The molecule has 0 N–H and O–H groups in total. The molecule has 5 nitrogen and oxygen atoms in total. The van der Waals surface area contributed by atoms with E-state index in [0.29, 0.717) is 5.75 Å². The molecule has 0 aliphatic heterocycles. The van der Waals surface area contributed by atoms with Crippen molar-refractivity contribution in [3.8, 4) is 5.75 Å². The largest absolute Gasteiger partial charge is 0.436 e. The Bertz CT molecular complexity index is 408. The average Bonchev–Trinajstić information content (AvgIpc) is 2.18. The first-order valence-electron chi connectivity index (χ1n) is 3.77. The van der Waals surface area contributed by atoms with Gasteiger partial charge in [0.15, 0.2) is 0 Å². The van der Waals surface area contributed by atoms with E-state index in [4.69, 9.17) is 20.9 Å². The Morgan fingerprint density at radius 3 is 2.40 bits per heavy atom. The zero-order valence-electron chi connectivity index (χ0n) is 7.69. The molecule has 0 aromatic heterocycles. The van der Waals surface area contributed by atoms with Crippen molar-refractivity contribution in [2.45, 2.75) is 0 Å². The van der Waals surface area contributed by atoms with E-state index in [1.54, 1.807) is 0 Å². The van der Waals surface area contributed by atoms with Gasteiger partial charge in [0.25, 0.3) is 11.4 Å². The van der Waals surface area contributed by atoms with Crippen LogP contribution < -0.4 is 4.52 Å². The molecule has 1 aromatic rings. The van der Waals surface area contributed by atoms with Gasteiger partial charge in [0.1, 0.15) is 5.75 Å². The van der Waals surface area contributed by atoms with Gasteiger partial charge in [-0.3, -0.25) is 10.1 Å². The van der Waals surface area contributed by atoms with Crippen molar-refractivity contribution in [1.29, 1.82) is 0 Å². The lowest BCUT2D eigenvalue weighted by Gasteiger charge is -2.14. The summed E-state index contributed by atoms with van der Waals surface area (Å²) in [5.41, 5.74) is -2.58. The van der Waals surface area contributed by atoms with Crippen molar-refractivity contribution in [3.05, 3.63) is 34.4 Å². The van der Waals surface area contributed by atoms with Crippen LogP contribution in [-0.2, 0) is 16.3 Å². The quantitative estimate of drug-likeness (QED) is 0.392. The molecule has 1 rings (SSSR count). The summed E-state index contributed by atoms with van der Waals surface area (Å²) >= 11 is 8.92. The smallest absolute Gasteiger partial charge is 0.294 e. The van der Waals surface area contributed by atoms with E-state index >= 15 is 0 Å². The molecule has 1 unspecified atom stereocenters. The van der Waals surface area contributed by atoms with E-state index < -0.39 is 10.6 Å². The second kappa shape index (κ2) is 4.94. The Kier molecular flexibility index (Phi) is 4.10. The molecule has 0 saturated carbocycles. The van der Waals surface area contributed by atoms with Crippen LogP contribution >= 0.6 is 17.9 Å². The van der Waals surface area contributed by atoms with Gasteiger partial charge in [0, 0.05) is 19.2 Å². The van der Waals surface area contributed by atoms with E-state index in [9.17, 15) is 10.1 Å². The van der Waals surface area contributed by atoms with Crippen molar-refractivity contribution in [1.82, 2.24) is 0 Å². The van der Waals surface area contributed by atoms with Crippen LogP contribution in [0.3, 0.4) is 0 Å². The van der Waals surface area contributed by atoms with Crippen molar-refractivity contribution < 1.29 is 14.0 Å². The van der Waals surface area contributed by atoms with Crippen LogP contribution in [0.5, 0.6) is 5.75 Å². The lowest BCUT2D eigenvalue weighted by atomic mass is 10.3. The minimum absolute atomic E-state index is 0.00719. The predicted octanol–water partition coefficient (Wildman–Crippen LogP) is 2.77. The monoisotopic (exact) mass is 265 g/mol. The number of nitro groups is 1. The number of hydrogen-bond acceptors (Lipinski definition) is 5. The van der Waals surface area contributed by atoms with Crippen LogP contribution in [0, 0.1) is 10.1 Å². The SMILES string of the molecule is COP(=S)(S)Oc1ccc([N+](=O)[O-])cc1. The summed E-state index contributed by atoms with van der Waals surface area (Å²) in [5.74, 6) is 0.404. The second-order valence-corrected chi connectivity index (χ2v) is 7.81. The molecule has 82 valence electrons. The van der Waals surface area contributed by atoms with E-state index in [1.807, 2.05) is 0 Å². The molecular weight excluding hydrogens is 257 g/mol. The van der Waals surface area contributed by atoms with Gasteiger partial charge in [-0.2, -0.15) is 0 Å². The fourth-order valence-electron chi connectivity index (χ4n) is 0.799. The van der Waals surface area contributed by atoms with Gasteiger partial charge >= 0.3 is 0 Å². The molecule has 0 fully saturated rings. The molecule has 1 aromatic carbocycles. The summed E-state index contributed by atoms with van der Waals surface area (Å²) in [7, 11) is 1.40. The summed E-state index contributed by atoms with van der Waals surface area (Å²) in [6, 6.07) is 5.56. The number of nitrogens with zero attached hydrogens (tertiary/aromatic N) is 1. The molecule has 1 atom stereocenters. The van der Waals surface area contributed by atoms with Gasteiger partial charge in [-0.15, -0.1) is 0 Å². The first-order chi connectivity index (χ1) is 6.94. The van der Waals surface area contributed by atoms with Crippen LogP contribution in [0.2, 0.25) is 0 Å². The third kappa shape index (κ3) is 3.79. The number of rotatable bonds is 4. The third-order valence-electron chi connectivity index (χ3n) is 1.50. The van der Waals surface area contributed by atoms with Crippen LogP contribution in [0.4, 0.5) is 5.69 Å². The molecule has 0 saturated heterocycles. The summed E-state index contributed by atoms with van der Waals surface area (Å²) in [6.07, 6.45) is 0. The zero-order valence-corrected chi connectivity index (χ0v) is 10.3. The summed E-state index contributed by atoms with van der Waals surface area (Å²) < 4.78 is 10.1. The third-order valence-corrected chi connectivity index (χ3v) is 3.81. The van der Waals surface area contributed by atoms with E-state index in [2.05, 4.69) is 12.2 Å². The maximum Gasteiger partial charge on any atom is 0.294 e. The van der Waals surface area contributed by atoms with Crippen LogP contribution in [0.25, 0.3) is 0 Å². The first-order valence-corrected chi connectivity index (χ1v) is 7.56. The lowest BCUT2D eigenvalue weighted by Crippen LogP contribution is -1.90. The highest BCUT2D eigenvalue weighted by Gasteiger charge is 2.13. The van der Waals surface area contributed by atoms with Crippen LogP contribution in [0.1, 0.15) is 0 Å². The van der Waals surface area contributed by atoms with Gasteiger partial charge in [0.2, 0.25) is 0 Å². The number of non-ortho nitro benzene ring substituents is 1. The minimum Gasteiger partial charge on any atom is -0.436 e. The van der Waals surface area contributed by atoms with Gasteiger partial charge < -0.3 is 9.05 Å². The van der Waals surface area contributed by atoms with E-state index in [1.165, 1.54) is 31.4 Å². The molecule has 0 radical (unpaired) electrons. The maximum absolute atomic E-state index is 10.4. The number of hydrogen-bond donors (Lipinski definition) is 1. The number of thiol groups is 1. The highest BCUT2D eigenvalue weighted by atomic mass is 32.9. The summed E-state index contributed by atoms with van der Waals surface area (Å²) in [4.78, 5) is 9.88. The molecule has 0 spiro atoms. The standard InChI is InChI=1S/C7H8NO4PS2/c1-11-13(14,15)12-7-4-2-6(3-5-7)8(9)10/h2-5H,1H3,(H,14,15). The highest BCUT2D eigenvalue weighted by molar-refractivity contribution is 8.60. The zero-order chi connectivity index (χ0) is 11.5. The van der Waals surface area contributed by atoms with Crippen molar-refractivity contribution in [3.63, 3.8) is 0 Å². The van der Waals surface area contributed by atoms with E-state index in [0.717, 1.165) is 0 Å². The Morgan fingerprint density at radius 1 is 1.47 bits per heavy atom. The second-order valence-electron chi connectivity index (χ2n) is 2.49. The number of nitro benzene ring substituents is 1. The summed E-state index contributed by atoms with van der Waals surface area (Å²) in [5, 5.41) is 10.4. The van der Waals surface area contributed by atoms with Gasteiger partial charge in [0.05, 0.1) is 4.92 Å². The Balaban J connectivity index is 2.82. The van der Waals surface area contributed by atoms with Gasteiger partial charge in [-0.05, 0) is 23.9 Å². The first kappa shape index (κ1) is 12.4. The highest BCUT2D eigenvalue weighted by Crippen LogP contribution is 2.52. The number of benzene rings is 1. The fraction of sp³-hybridized carbons (Fsp3) is 0.143. The lowest BCUT2D eigenvalue weighted by molar-refractivity contribution is -0.384. The van der Waals surface area contributed by atoms with Crippen molar-refractivity contribution in [2.24, 2.45) is 0 Å². The van der Waals surface area contributed by atoms with Crippen LogP contribution in [0.15, 0.2) is 24.3 Å². The van der Waals surface area contributed by atoms with Crippen molar-refractivity contribution >= 4 is 35.4 Å². The molecule has 0 aliphatic rings. The molecule has 8 heteroatoms. The Hall–Kier alpha value is -0.620. The predicted molar refractivity (Wildman–Crippen MR) is 64.0 cm³/mol. The van der Waals surface area contributed by atoms with E-state index in [-0.39, 0.29) is 5.69 Å². The average molecular weight is 265 g/mol. The Labute approximate surface area is 96.9 Å². The normalized spacial score (nSPS) is 14.3. The minimum atomic E-state index is -2.58. The molecule has 0 aliphatic carbocycles. The van der Waals surface area contributed by atoms with Crippen LogP contribution in [-0.4, -0.2) is 12.0 Å². The van der Waals surface area contributed by atoms with Crippen molar-refractivity contribution in [2.75, 3.05) is 7.11 Å². The summed E-state index contributed by atoms with van der Waals surface area (Å²) in [6.45, 7) is 0. The molecule has 0 bridgehead atoms. The molecule has 15 heavy (non-hydrogen) atoms. The fourth-order valence-corrected chi connectivity index (χ4v) is 1.80. The molecule has 0 heterocycles. The Morgan fingerprint density at radius 2 is 2.00 bits per heavy atom.